The SMILES string of the molecule is CCNCc1nc2cc(C(F)(F)F)ccc2s1. The fraction of sp³-hybridized carbons (Fsp3) is 0.364. The number of hydrogen-bond acceptors (Lipinski definition) is 3. The van der Waals surface area contributed by atoms with Crippen molar-refractivity contribution in [2.45, 2.75) is 19.6 Å². The summed E-state index contributed by atoms with van der Waals surface area (Å²) >= 11 is 1.42. The maximum Gasteiger partial charge on any atom is 0.416 e. The molecule has 92 valence electrons. The lowest BCUT2D eigenvalue weighted by molar-refractivity contribution is -0.137. The second kappa shape index (κ2) is 4.62. The minimum absolute atomic E-state index is 0.415. The second-order valence-electron chi connectivity index (χ2n) is 3.57. The van der Waals surface area contributed by atoms with Crippen LogP contribution in [0.1, 0.15) is 17.5 Å². The molecule has 17 heavy (non-hydrogen) atoms. The van der Waals surface area contributed by atoms with E-state index in [9.17, 15) is 13.2 Å². The molecule has 0 saturated carbocycles. The average molecular weight is 260 g/mol. The van der Waals surface area contributed by atoms with E-state index < -0.39 is 11.7 Å². The molecular weight excluding hydrogens is 249 g/mol. The fourth-order valence-corrected chi connectivity index (χ4v) is 2.38. The first-order valence-electron chi connectivity index (χ1n) is 5.18. The lowest BCUT2D eigenvalue weighted by Gasteiger charge is -2.04. The average Bonchev–Trinajstić information content (AvgIpc) is 2.66. The van der Waals surface area contributed by atoms with Gasteiger partial charge in [-0.3, -0.25) is 0 Å². The number of nitrogens with one attached hydrogen (secondary N) is 1. The van der Waals surface area contributed by atoms with Crippen LogP contribution in [0.3, 0.4) is 0 Å². The highest BCUT2D eigenvalue weighted by Crippen LogP contribution is 2.32. The van der Waals surface area contributed by atoms with E-state index >= 15 is 0 Å². The fourth-order valence-electron chi connectivity index (χ4n) is 1.46. The van der Waals surface area contributed by atoms with Gasteiger partial charge in [0.05, 0.1) is 15.8 Å². The minimum atomic E-state index is -4.31. The number of aromatic nitrogens is 1. The molecule has 0 atom stereocenters. The van der Waals surface area contributed by atoms with Crippen molar-refractivity contribution < 1.29 is 13.2 Å². The first-order valence-corrected chi connectivity index (χ1v) is 5.99. The van der Waals surface area contributed by atoms with E-state index in [0.29, 0.717) is 12.1 Å². The van der Waals surface area contributed by atoms with Crippen LogP contribution in [0.4, 0.5) is 13.2 Å². The van der Waals surface area contributed by atoms with Gasteiger partial charge in [0.2, 0.25) is 0 Å². The van der Waals surface area contributed by atoms with Crippen molar-refractivity contribution in [1.29, 1.82) is 0 Å². The Balaban J connectivity index is 2.34. The number of nitrogens with zero attached hydrogens (tertiary/aromatic N) is 1. The Kier molecular flexibility index (Phi) is 3.35. The summed E-state index contributed by atoms with van der Waals surface area (Å²) in [7, 11) is 0. The zero-order valence-corrected chi connectivity index (χ0v) is 9.95. The van der Waals surface area contributed by atoms with Crippen LogP contribution in [-0.2, 0) is 12.7 Å². The van der Waals surface area contributed by atoms with Crippen LogP contribution >= 0.6 is 11.3 Å². The summed E-state index contributed by atoms with van der Waals surface area (Å²) in [6, 6.07) is 3.67. The van der Waals surface area contributed by atoms with Crippen LogP contribution in [0, 0.1) is 0 Å². The van der Waals surface area contributed by atoms with Crippen LogP contribution in [0.15, 0.2) is 18.2 Å². The Morgan fingerprint density at radius 1 is 1.35 bits per heavy atom. The van der Waals surface area contributed by atoms with Gasteiger partial charge < -0.3 is 5.32 Å². The van der Waals surface area contributed by atoms with Crippen LogP contribution in [0.5, 0.6) is 0 Å². The molecule has 0 bridgehead atoms. The van der Waals surface area contributed by atoms with Crippen LogP contribution in [0.25, 0.3) is 10.2 Å². The maximum absolute atomic E-state index is 12.5. The Morgan fingerprint density at radius 2 is 2.12 bits per heavy atom. The molecule has 0 amide bonds. The molecule has 0 saturated heterocycles. The number of alkyl halides is 3. The van der Waals surface area contributed by atoms with Crippen molar-refractivity contribution >= 4 is 21.6 Å². The van der Waals surface area contributed by atoms with Gasteiger partial charge in [-0.05, 0) is 24.7 Å². The molecule has 0 aliphatic heterocycles. The topological polar surface area (TPSA) is 24.9 Å². The number of fused-ring (bicyclic) bond motifs is 1. The Morgan fingerprint density at radius 3 is 2.76 bits per heavy atom. The molecule has 2 rings (SSSR count). The molecule has 0 radical (unpaired) electrons. The third-order valence-corrected chi connectivity index (χ3v) is 3.32. The maximum atomic E-state index is 12.5. The summed E-state index contributed by atoms with van der Waals surface area (Å²) in [4.78, 5) is 4.18. The summed E-state index contributed by atoms with van der Waals surface area (Å²) in [5, 5.41) is 3.90. The van der Waals surface area contributed by atoms with Crippen molar-refractivity contribution in [1.82, 2.24) is 10.3 Å². The van der Waals surface area contributed by atoms with E-state index in [-0.39, 0.29) is 0 Å². The summed E-state index contributed by atoms with van der Waals surface area (Å²) in [6.07, 6.45) is -4.31. The monoisotopic (exact) mass is 260 g/mol. The molecular formula is C11H11F3N2S. The van der Waals surface area contributed by atoms with Gasteiger partial charge in [-0.2, -0.15) is 13.2 Å². The standard InChI is InChI=1S/C11H11F3N2S/c1-2-15-6-10-16-8-5-7(11(12,13)14)3-4-9(8)17-10/h3-5,15H,2,6H2,1H3. The highest BCUT2D eigenvalue weighted by Gasteiger charge is 2.30. The molecule has 0 spiro atoms. The molecule has 1 aromatic carbocycles. The Bertz CT molecular complexity index is 519. The van der Waals surface area contributed by atoms with E-state index in [4.69, 9.17) is 0 Å². The largest absolute Gasteiger partial charge is 0.416 e. The summed E-state index contributed by atoms with van der Waals surface area (Å²) in [5.41, 5.74) is -0.233. The lowest BCUT2D eigenvalue weighted by atomic mass is 10.2. The summed E-state index contributed by atoms with van der Waals surface area (Å²) < 4.78 is 38.2. The molecule has 1 heterocycles. The minimum Gasteiger partial charge on any atom is -0.311 e. The van der Waals surface area contributed by atoms with Crippen molar-refractivity contribution in [2.75, 3.05) is 6.54 Å². The van der Waals surface area contributed by atoms with Gasteiger partial charge in [-0.25, -0.2) is 4.98 Å². The van der Waals surface area contributed by atoms with Crippen molar-refractivity contribution in [3.8, 4) is 0 Å². The van der Waals surface area contributed by atoms with Gasteiger partial charge >= 0.3 is 6.18 Å². The predicted molar refractivity (Wildman–Crippen MR) is 62.0 cm³/mol. The van der Waals surface area contributed by atoms with E-state index in [0.717, 1.165) is 28.4 Å². The molecule has 1 N–H and O–H groups in total. The molecule has 6 heteroatoms. The van der Waals surface area contributed by atoms with Crippen LogP contribution < -0.4 is 5.32 Å². The van der Waals surface area contributed by atoms with Gasteiger partial charge in [0.25, 0.3) is 0 Å². The van der Waals surface area contributed by atoms with E-state index in [1.54, 1.807) is 0 Å². The lowest BCUT2D eigenvalue weighted by Crippen LogP contribution is -2.11. The van der Waals surface area contributed by atoms with Gasteiger partial charge in [0, 0.05) is 6.54 Å². The van der Waals surface area contributed by atoms with E-state index in [1.807, 2.05) is 6.92 Å². The smallest absolute Gasteiger partial charge is 0.311 e. The normalized spacial score (nSPS) is 12.2. The van der Waals surface area contributed by atoms with Crippen molar-refractivity contribution in [2.24, 2.45) is 0 Å². The van der Waals surface area contributed by atoms with Crippen LogP contribution in [0.2, 0.25) is 0 Å². The number of rotatable bonds is 3. The van der Waals surface area contributed by atoms with Crippen molar-refractivity contribution in [3.63, 3.8) is 0 Å². The molecule has 0 fully saturated rings. The predicted octanol–water partition coefficient (Wildman–Crippen LogP) is 3.42. The molecule has 0 unspecified atom stereocenters. The third kappa shape index (κ3) is 2.76. The first kappa shape index (κ1) is 12.3. The Labute approximate surface area is 100 Å². The number of thiazole rings is 1. The highest BCUT2D eigenvalue weighted by atomic mass is 32.1. The second-order valence-corrected chi connectivity index (χ2v) is 4.68. The van der Waals surface area contributed by atoms with Gasteiger partial charge in [0.1, 0.15) is 5.01 Å². The summed E-state index contributed by atoms with van der Waals surface area (Å²) in [5.74, 6) is 0. The van der Waals surface area contributed by atoms with Gasteiger partial charge in [-0.1, -0.05) is 6.92 Å². The van der Waals surface area contributed by atoms with Gasteiger partial charge in [-0.15, -0.1) is 11.3 Å². The van der Waals surface area contributed by atoms with Crippen LogP contribution in [-0.4, -0.2) is 11.5 Å². The van der Waals surface area contributed by atoms with E-state index in [1.165, 1.54) is 17.4 Å². The summed E-state index contributed by atoms with van der Waals surface area (Å²) in [6.45, 7) is 3.37. The zero-order valence-electron chi connectivity index (χ0n) is 9.14. The molecule has 0 aliphatic rings. The van der Waals surface area contributed by atoms with Crippen molar-refractivity contribution in [3.05, 3.63) is 28.8 Å². The van der Waals surface area contributed by atoms with Gasteiger partial charge in [0.15, 0.2) is 0 Å². The molecule has 0 aliphatic carbocycles. The highest BCUT2D eigenvalue weighted by molar-refractivity contribution is 7.18. The number of halogens is 3. The molecule has 2 aromatic rings. The number of benzene rings is 1. The zero-order chi connectivity index (χ0) is 12.5. The quantitative estimate of drug-likeness (QED) is 0.914. The third-order valence-electron chi connectivity index (χ3n) is 2.29. The van der Waals surface area contributed by atoms with E-state index in [2.05, 4.69) is 10.3 Å². The Hall–Kier alpha value is -1.14. The molecule has 1 aromatic heterocycles. The number of hydrogen-bond donors (Lipinski definition) is 1. The molecule has 2 nitrogen and oxygen atoms in total. The first-order chi connectivity index (χ1) is 8.00.